The maximum atomic E-state index is 12.5. The molecule has 14 rings (SSSR count). The number of carbonyl (C=O) groups excluding carboxylic acids is 5. The molecule has 1 saturated heterocycles. The van der Waals surface area contributed by atoms with Gasteiger partial charge in [0.2, 0.25) is 11.1 Å². The van der Waals surface area contributed by atoms with Crippen LogP contribution in [0.2, 0.25) is 0 Å². The number of hydrogen-bond donors (Lipinski definition) is 10. The number of benzene rings is 10. The van der Waals surface area contributed by atoms with Gasteiger partial charge < -0.3 is 102 Å². The second-order valence-corrected chi connectivity index (χ2v) is 40.3. The normalized spacial score (nSPS) is 12.3. The summed E-state index contributed by atoms with van der Waals surface area (Å²) in [6, 6.07) is 56.8. The van der Waals surface area contributed by atoms with Crippen molar-refractivity contribution in [1.29, 1.82) is 0 Å². The zero-order valence-corrected chi connectivity index (χ0v) is 92.2. The molecule has 10 aromatic rings. The van der Waals surface area contributed by atoms with Crippen molar-refractivity contribution in [3.8, 4) is 51.7 Å². The number of nitrogens with zero attached hydrogens (tertiary/aromatic N) is 2. The second-order valence-electron chi connectivity index (χ2n) is 29.7. The smallest absolute Gasteiger partial charge is 1.00 e. The molecule has 10 aromatic carbocycles. The Morgan fingerprint density at radius 1 is 0.479 bits per heavy atom. The van der Waals surface area contributed by atoms with Gasteiger partial charge in [-0.3, -0.25) is 34.1 Å². The Balaban J connectivity index is 0.000000435. The van der Waals surface area contributed by atoms with Gasteiger partial charge >= 0.3 is 42.7 Å². The summed E-state index contributed by atoms with van der Waals surface area (Å²) in [4.78, 5) is 120. The van der Waals surface area contributed by atoms with Crippen LogP contribution in [0.1, 0.15) is 116 Å². The molecule has 4 amide bonds. The Labute approximate surface area is 933 Å². The maximum absolute atomic E-state index is 12.5. The minimum absolute atomic E-state index is 0. The Kier molecular flexibility index (Phi) is 63.3. The van der Waals surface area contributed by atoms with Crippen LogP contribution < -0.4 is 93.8 Å². The van der Waals surface area contributed by atoms with Crippen molar-refractivity contribution in [2.24, 2.45) is 5.92 Å². The molecule has 46 heteroatoms. The third-order valence-corrected chi connectivity index (χ3v) is 29.9. The van der Waals surface area contributed by atoms with Crippen molar-refractivity contribution < 1.29 is 131 Å². The van der Waals surface area contributed by atoms with Gasteiger partial charge in [0.05, 0.1) is 102 Å². The predicted molar refractivity (Wildman–Crippen MR) is 591 cm³/mol. The van der Waals surface area contributed by atoms with Crippen molar-refractivity contribution in [2.75, 3.05) is 155 Å². The fraction of sp³-hybridized carbons (Fsp3) is 0.310. The van der Waals surface area contributed by atoms with Gasteiger partial charge in [-0.2, -0.15) is 0 Å². The fourth-order valence-corrected chi connectivity index (χ4v) is 21.6. The van der Waals surface area contributed by atoms with Crippen LogP contribution in [0.4, 0.5) is 11.4 Å². The summed E-state index contributed by atoms with van der Waals surface area (Å²) in [5, 5.41) is 62.6. The Hall–Kier alpha value is -9.64. The number of nitro benzene ring substituents is 1. The average molecular weight is 2340 g/mol. The van der Waals surface area contributed by atoms with Crippen LogP contribution >= 0.6 is 145 Å². The van der Waals surface area contributed by atoms with Crippen LogP contribution in [-0.2, 0) is 29.1 Å². The number of nitrogens with two attached hydrogens (primary N) is 1. The second kappa shape index (κ2) is 71.9. The number of ether oxygens (including phenoxy) is 9. The molecule has 0 aromatic heterocycles. The van der Waals surface area contributed by atoms with E-state index >= 15 is 0 Å². The van der Waals surface area contributed by atoms with E-state index in [0.717, 1.165) is 98.8 Å². The van der Waals surface area contributed by atoms with E-state index < -0.39 is 34.5 Å². The van der Waals surface area contributed by atoms with E-state index in [1.807, 2.05) is 59.1 Å². The topological polar surface area (TPSA) is 450 Å². The third-order valence-electron chi connectivity index (χ3n) is 20.2. The number of amides is 4. The molecule has 0 saturated carbocycles. The third kappa shape index (κ3) is 45.0. The van der Waals surface area contributed by atoms with E-state index in [1.54, 1.807) is 120 Å². The minimum Gasteiger partial charge on any atom is -1.00 e. The Bertz CT molecular complexity index is 5770. The number of carbonyl (C=O) groups is 9. The van der Waals surface area contributed by atoms with E-state index in [1.165, 1.54) is 161 Å². The van der Waals surface area contributed by atoms with Crippen molar-refractivity contribution in [3.63, 3.8) is 0 Å². The largest absolute Gasteiger partial charge is 1.00 e. The van der Waals surface area contributed by atoms with Crippen molar-refractivity contribution >= 4 is 227 Å². The number of hydrogen-bond acceptors (Lipinski definition) is 30. The average Bonchev–Trinajstić information content (AvgIpc) is 1.76. The number of alkyl halides is 4. The molecule has 0 unspecified atom stereocenters. The minimum atomic E-state index is -1.35. The number of nitro groups is 1. The van der Waals surface area contributed by atoms with E-state index in [2.05, 4.69) is 107 Å². The number of aromatic carboxylic acids is 4. The zero-order valence-electron chi connectivity index (χ0n) is 82.1. The van der Waals surface area contributed by atoms with Gasteiger partial charge in [-0.15, -0.1) is 58.5 Å². The molecule has 0 aliphatic carbocycles. The van der Waals surface area contributed by atoms with Crippen LogP contribution in [0.3, 0.4) is 0 Å². The Morgan fingerprint density at radius 3 is 1.29 bits per heavy atom. The van der Waals surface area contributed by atoms with Gasteiger partial charge in [0, 0.05) is 150 Å². The first-order valence-electron chi connectivity index (χ1n) is 43.9. The van der Waals surface area contributed by atoms with Crippen molar-refractivity contribution in [3.05, 3.63) is 260 Å². The molecule has 32 nitrogen and oxygen atoms in total. The number of carboxylic acid groups (broad SMARTS) is 4. The summed E-state index contributed by atoms with van der Waals surface area (Å²) in [5.41, 5.74) is 10.8. The van der Waals surface area contributed by atoms with Gasteiger partial charge in [0.25, 0.3) is 23.4 Å². The zero-order chi connectivity index (χ0) is 105. The number of halogens is 5. The van der Waals surface area contributed by atoms with Crippen LogP contribution in [-0.4, -0.2) is 250 Å². The summed E-state index contributed by atoms with van der Waals surface area (Å²) >= 11 is 28.0. The first-order chi connectivity index (χ1) is 69.4. The number of carboxylic acids is 4. The first kappa shape index (κ1) is 129. The molecular formula is C100H117AlBr2Cl3LiN8O24S7. The number of fused-ring (bicyclic) bond motifs is 3. The summed E-state index contributed by atoms with van der Waals surface area (Å²) in [6.07, 6.45) is 4.93. The number of methoxy groups -OCH3 is 9. The van der Waals surface area contributed by atoms with Crippen LogP contribution in [0.25, 0.3) is 0 Å². The molecule has 0 bridgehead atoms. The van der Waals surface area contributed by atoms with E-state index in [0.29, 0.717) is 105 Å². The monoisotopic (exact) mass is 2330 g/mol. The van der Waals surface area contributed by atoms with Crippen molar-refractivity contribution in [1.82, 2.24) is 31.5 Å². The summed E-state index contributed by atoms with van der Waals surface area (Å²) in [7, 11) is 18.9. The van der Waals surface area contributed by atoms with E-state index in [9.17, 15) is 63.5 Å². The molecular weight excluding hydrogens is 2220 g/mol. The maximum Gasteiger partial charge on any atom is 1.00 e. The van der Waals surface area contributed by atoms with E-state index in [-0.39, 0.29) is 100 Å². The molecule has 4 aliphatic rings. The quantitative estimate of drug-likeness (QED) is 0.00356. The Morgan fingerprint density at radius 2 is 0.856 bits per heavy atom. The van der Waals surface area contributed by atoms with Crippen molar-refractivity contribution in [2.45, 2.75) is 79.5 Å². The molecule has 11 N–H and O–H groups in total. The number of anilines is 1. The molecule has 0 atom stereocenters. The number of nitrogen functional groups attached to an aromatic ring is 1. The summed E-state index contributed by atoms with van der Waals surface area (Å²) < 4.78 is 45.6. The van der Waals surface area contributed by atoms with Crippen LogP contribution in [0, 0.1) is 16.0 Å². The molecule has 4 heterocycles. The number of rotatable bonds is 32. The standard InChI is InChI=1S/C20H22Cl2N2O4S2.C16H14O6S2.C13H16BrNO2S.C12H17N.C10H11NO2S.C10H13NOS.C8H7NO5.C8H9NO3.C3H4BrClO.Al.Li.4H/c1-27-13-3-5-17(15(11-13)19(25)23-9-7-21)29-30-18-6-4-14(28-2)12-16(18)20(26)24-10-8-22;1-21-9-3-5-13(11(7-9)15(17)18)23-24-14-6-4-10(22-2)8-12(14)16(19)20;1-17-11-2-3-12-10(8-11)9-15(6-7-18-12)13(16)4-5-14;1-2-4-11(5-3-1)10-12-6-8-13-9-7-12;1-13-7-2-3-9-8(6-7)10(12)11-4-5-14-9;1-12-9-2-3-10-8(6-9)7-11-4-5-13-10;1-14-5-2-3-7(9(12)13)6(4-5)8(10)11;1-12-5-2-3-7(9)6(4-5)8(10)11;4-2-1-3(5)6;;;;;;/h3-6,11-12H,7-10H2,1-2H3,(H,23,25)(H,24,26);3-8H,1-2H3,(H,17,18)(H,19,20);2-3,8H,4-7,9H2,1H3;1-5,12-13H,6-10H2;2-3,6H,4-5H2,1H3,(H,11,12);2-3,6,11H,4-5,7H2,1H3;2-4H,1H3,(H,10,11);2-4H,9H2,1H3,(H,10,11);1-2H2;;;;;;/q;;;;;;;;;;+1;;;;-1. The van der Waals surface area contributed by atoms with Gasteiger partial charge in [-0.1, -0.05) is 105 Å². The van der Waals surface area contributed by atoms with Crippen LogP contribution in [0.15, 0.2) is 228 Å². The molecule has 4 aliphatic heterocycles. The van der Waals surface area contributed by atoms with Crippen LogP contribution in [0.5, 0.6) is 51.7 Å². The number of nitrogens with one attached hydrogen (secondary N) is 5. The van der Waals surface area contributed by atoms with Gasteiger partial charge in [0.15, 0.2) is 17.4 Å². The molecule has 1 fully saturated rings. The molecule has 0 spiro atoms. The first-order valence-corrected chi connectivity index (χ1v) is 54.8. The number of piperidine rings is 1. The molecule has 782 valence electrons. The van der Waals surface area contributed by atoms with Gasteiger partial charge in [-0.05, 0) is 218 Å². The van der Waals surface area contributed by atoms with E-state index in [4.69, 9.17) is 93.4 Å². The number of thioether (sulfide) groups is 3. The fourth-order valence-electron chi connectivity index (χ4n) is 12.9. The van der Waals surface area contributed by atoms with Gasteiger partial charge in [-0.25, -0.2) is 19.2 Å². The molecule has 146 heavy (non-hydrogen) atoms. The summed E-state index contributed by atoms with van der Waals surface area (Å²) in [6.45, 7) is 7.39. The SMILES string of the molecule is COc1ccc(N)c(C(=O)O)c1.COc1ccc(SSc2ccc(OC)cc2C(=O)NCCCl)c(C(=O)NCCCl)c1.COc1ccc(SSc2ccc(OC)cc2C(=O)O)c(C(=O)O)c1.COc1ccc([N+](=O)[O-])c(C(=O)O)c1.COc1ccc2c(c1)C(=O)NCCS2.COc1ccc2c(c1)CN(C(=O)CCBr)CCS2.COc1ccc2c(c1)CNCCS2.O=C(Cl)CCBr.[AlH3].[H-].[Li+].c1ccc(CC2CCNCC2)cc1. The van der Waals surface area contributed by atoms with Gasteiger partial charge in [0.1, 0.15) is 57.3 Å². The predicted octanol–water partition coefficient (Wildman–Crippen LogP) is 16.7. The molecule has 0 radical (unpaired) electrons. The summed E-state index contributed by atoms with van der Waals surface area (Å²) in [5.74, 6) is 5.04.